The van der Waals surface area contributed by atoms with Crippen molar-refractivity contribution in [1.29, 1.82) is 0 Å². The lowest BCUT2D eigenvalue weighted by Crippen LogP contribution is -2.49. The zero-order valence-electron chi connectivity index (χ0n) is 15.8. The van der Waals surface area contributed by atoms with Crippen LogP contribution < -0.4 is 10.9 Å². The Morgan fingerprint density at radius 1 is 1.21 bits per heavy atom. The number of hydrogen-bond donors (Lipinski definition) is 1. The zero-order valence-corrected chi connectivity index (χ0v) is 17.3. The molecule has 1 atom stereocenters. The predicted molar refractivity (Wildman–Crippen MR) is 117 cm³/mol. The standard InChI is InChI=1S/C21H21ClN4O2.ClH/c22-16-5-3-4-15(12-16)19-13-23-9-11-26(19)20(27)8-10-25-14-24-18-7-2-1-6-17(18)21(25)28;/h1-7,12,14,19,23H,8-11,13H2;1H. The van der Waals surface area contributed by atoms with Crippen LogP contribution in [0.2, 0.25) is 5.02 Å². The summed E-state index contributed by atoms with van der Waals surface area (Å²) in [7, 11) is 0. The second kappa shape index (κ2) is 9.39. The average molecular weight is 433 g/mol. The monoisotopic (exact) mass is 432 g/mol. The molecule has 1 aliphatic heterocycles. The van der Waals surface area contributed by atoms with E-state index in [1.54, 1.807) is 6.07 Å². The highest BCUT2D eigenvalue weighted by Crippen LogP contribution is 2.25. The van der Waals surface area contributed by atoms with Crippen LogP contribution in [0.25, 0.3) is 10.9 Å². The van der Waals surface area contributed by atoms with Gasteiger partial charge in [0, 0.05) is 37.6 Å². The van der Waals surface area contributed by atoms with Crippen molar-refractivity contribution in [3.63, 3.8) is 0 Å². The summed E-state index contributed by atoms with van der Waals surface area (Å²) in [5.41, 5.74) is 1.56. The smallest absolute Gasteiger partial charge is 0.261 e. The molecule has 0 saturated carbocycles. The average Bonchev–Trinajstić information content (AvgIpc) is 2.73. The van der Waals surface area contributed by atoms with Gasteiger partial charge in [0.05, 0.1) is 23.3 Å². The molecule has 1 fully saturated rings. The van der Waals surface area contributed by atoms with Gasteiger partial charge < -0.3 is 10.2 Å². The quantitative estimate of drug-likeness (QED) is 0.687. The van der Waals surface area contributed by atoms with Gasteiger partial charge in [-0.3, -0.25) is 14.2 Å². The molecule has 152 valence electrons. The number of benzene rings is 2. The molecule has 2 heterocycles. The molecule has 0 radical (unpaired) electrons. The number of amides is 1. The Hall–Kier alpha value is -2.41. The highest BCUT2D eigenvalue weighted by molar-refractivity contribution is 6.30. The van der Waals surface area contributed by atoms with Crippen molar-refractivity contribution in [2.75, 3.05) is 19.6 Å². The van der Waals surface area contributed by atoms with Crippen LogP contribution in [0.5, 0.6) is 0 Å². The molecule has 4 rings (SSSR count). The van der Waals surface area contributed by atoms with Crippen LogP contribution in [-0.2, 0) is 11.3 Å². The van der Waals surface area contributed by atoms with E-state index < -0.39 is 0 Å². The first-order valence-electron chi connectivity index (χ1n) is 9.33. The summed E-state index contributed by atoms with van der Waals surface area (Å²) in [5.74, 6) is 0.0199. The topological polar surface area (TPSA) is 67.2 Å². The highest BCUT2D eigenvalue weighted by Gasteiger charge is 2.27. The van der Waals surface area contributed by atoms with E-state index >= 15 is 0 Å². The van der Waals surface area contributed by atoms with E-state index in [9.17, 15) is 9.59 Å². The molecule has 0 spiro atoms. The first-order chi connectivity index (χ1) is 13.6. The molecule has 1 saturated heterocycles. The molecule has 6 nitrogen and oxygen atoms in total. The van der Waals surface area contributed by atoms with Crippen molar-refractivity contribution < 1.29 is 4.79 Å². The van der Waals surface area contributed by atoms with Gasteiger partial charge in [-0.25, -0.2) is 4.98 Å². The number of nitrogens with one attached hydrogen (secondary N) is 1. The third kappa shape index (κ3) is 4.61. The summed E-state index contributed by atoms with van der Waals surface area (Å²) in [5, 5.41) is 4.56. The van der Waals surface area contributed by atoms with Crippen LogP contribution in [0.3, 0.4) is 0 Å². The zero-order chi connectivity index (χ0) is 19.5. The molecule has 1 N–H and O–H groups in total. The Labute approximate surface area is 179 Å². The second-order valence-corrected chi connectivity index (χ2v) is 7.31. The number of halogens is 2. The minimum atomic E-state index is -0.120. The number of piperazine rings is 1. The van der Waals surface area contributed by atoms with E-state index in [0.29, 0.717) is 35.6 Å². The van der Waals surface area contributed by atoms with Crippen molar-refractivity contribution in [2.24, 2.45) is 0 Å². The van der Waals surface area contributed by atoms with Gasteiger partial charge in [0.2, 0.25) is 5.91 Å². The van der Waals surface area contributed by atoms with Crippen LogP contribution in [0.1, 0.15) is 18.0 Å². The summed E-state index contributed by atoms with van der Waals surface area (Å²) in [6.07, 6.45) is 1.77. The molecule has 8 heteroatoms. The molecule has 1 aromatic heterocycles. The van der Waals surface area contributed by atoms with Crippen molar-refractivity contribution >= 4 is 40.8 Å². The Kier molecular flexibility index (Phi) is 6.90. The molecule has 1 unspecified atom stereocenters. The van der Waals surface area contributed by atoms with E-state index in [1.807, 2.05) is 47.4 Å². The lowest BCUT2D eigenvalue weighted by molar-refractivity contribution is -0.134. The fraction of sp³-hybridized carbons (Fsp3) is 0.286. The Bertz CT molecular complexity index is 1070. The van der Waals surface area contributed by atoms with Crippen molar-refractivity contribution in [3.8, 4) is 0 Å². The summed E-state index contributed by atoms with van der Waals surface area (Å²) < 4.78 is 1.51. The maximum atomic E-state index is 12.9. The van der Waals surface area contributed by atoms with E-state index in [0.717, 1.165) is 12.1 Å². The summed E-state index contributed by atoms with van der Waals surface area (Å²) in [6.45, 7) is 2.37. The first-order valence-corrected chi connectivity index (χ1v) is 9.71. The third-order valence-corrected chi connectivity index (χ3v) is 5.33. The van der Waals surface area contributed by atoms with E-state index in [4.69, 9.17) is 11.6 Å². The van der Waals surface area contributed by atoms with Crippen LogP contribution in [-0.4, -0.2) is 40.0 Å². The Morgan fingerprint density at radius 3 is 2.86 bits per heavy atom. The molecule has 29 heavy (non-hydrogen) atoms. The van der Waals surface area contributed by atoms with Gasteiger partial charge >= 0.3 is 0 Å². The Balaban J connectivity index is 0.00000240. The molecule has 2 aromatic carbocycles. The number of aryl methyl sites for hydroxylation is 1. The molecular formula is C21H22Cl2N4O2. The number of nitrogens with zero attached hydrogens (tertiary/aromatic N) is 3. The van der Waals surface area contributed by atoms with Crippen LogP contribution in [0.15, 0.2) is 59.7 Å². The minimum absolute atomic E-state index is 0. The van der Waals surface area contributed by atoms with Gasteiger partial charge in [0.15, 0.2) is 0 Å². The molecule has 0 bridgehead atoms. The first kappa shape index (κ1) is 21.3. The number of aromatic nitrogens is 2. The summed E-state index contributed by atoms with van der Waals surface area (Å²) >= 11 is 6.13. The minimum Gasteiger partial charge on any atom is -0.333 e. The molecule has 3 aromatic rings. The fourth-order valence-electron chi connectivity index (χ4n) is 3.64. The predicted octanol–water partition coefficient (Wildman–Crippen LogP) is 3.03. The third-order valence-electron chi connectivity index (χ3n) is 5.10. The van der Waals surface area contributed by atoms with Gasteiger partial charge in [0.25, 0.3) is 5.56 Å². The van der Waals surface area contributed by atoms with Gasteiger partial charge in [-0.2, -0.15) is 0 Å². The SMILES string of the molecule is Cl.O=C(CCn1cnc2ccccc2c1=O)N1CCNCC1c1cccc(Cl)c1. The second-order valence-electron chi connectivity index (χ2n) is 6.87. The molecular weight excluding hydrogens is 411 g/mol. The molecule has 0 aliphatic carbocycles. The number of rotatable bonds is 4. The molecule has 1 amide bonds. The largest absolute Gasteiger partial charge is 0.333 e. The number of fused-ring (bicyclic) bond motifs is 1. The normalized spacial score (nSPS) is 16.4. The van der Waals surface area contributed by atoms with Gasteiger partial charge in [0.1, 0.15) is 0 Å². The number of carbonyl (C=O) groups excluding carboxylic acids is 1. The number of para-hydroxylation sites is 1. The van der Waals surface area contributed by atoms with Crippen LogP contribution in [0, 0.1) is 0 Å². The lowest BCUT2D eigenvalue weighted by atomic mass is 10.0. The maximum absolute atomic E-state index is 12.9. The van der Waals surface area contributed by atoms with E-state index in [2.05, 4.69) is 10.3 Å². The van der Waals surface area contributed by atoms with Crippen LogP contribution >= 0.6 is 24.0 Å². The maximum Gasteiger partial charge on any atom is 0.261 e. The fourth-order valence-corrected chi connectivity index (χ4v) is 3.84. The Morgan fingerprint density at radius 2 is 2.03 bits per heavy atom. The van der Waals surface area contributed by atoms with Crippen molar-refractivity contribution in [3.05, 3.63) is 75.8 Å². The highest BCUT2D eigenvalue weighted by atomic mass is 35.5. The summed E-state index contributed by atoms with van der Waals surface area (Å²) in [6, 6.07) is 14.8. The van der Waals surface area contributed by atoms with E-state index in [-0.39, 0.29) is 36.3 Å². The van der Waals surface area contributed by atoms with E-state index in [1.165, 1.54) is 10.9 Å². The van der Waals surface area contributed by atoms with Gasteiger partial charge in [-0.15, -0.1) is 12.4 Å². The summed E-state index contributed by atoms with van der Waals surface area (Å²) in [4.78, 5) is 31.8. The van der Waals surface area contributed by atoms with Gasteiger partial charge in [-0.05, 0) is 29.8 Å². The van der Waals surface area contributed by atoms with Crippen molar-refractivity contribution in [2.45, 2.75) is 19.0 Å². The number of hydrogen-bond acceptors (Lipinski definition) is 4. The van der Waals surface area contributed by atoms with Gasteiger partial charge in [-0.1, -0.05) is 35.9 Å². The number of carbonyl (C=O) groups is 1. The van der Waals surface area contributed by atoms with Crippen molar-refractivity contribution in [1.82, 2.24) is 19.8 Å². The molecule has 1 aliphatic rings. The van der Waals surface area contributed by atoms with Crippen LogP contribution in [0.4, 0.5) is 0 Å². The lowest BCUT2D eigenvalue weighted by Gasteiger charge is -2.36.